The van der Waals surface area contributed by atoms with Gasteiger partial charge in [0.1, 0.15) is 11.9 Å². The highest BCUT2D eigenvalue weighted by Gasteiger charge is 2.21. The molecular weight excluding hydrogens is 242 g/mol. The van der Waals surface area contributed by atoms with Gasteiger partial charge in [0, 0.05) is 13.0 Å². The number of aldehydes is 1. The predicted octanol–water partition coefficient (Wildman–Crippen LogP) is 3.30. The number of hydrogen-bond acceptors (Lipinski definition) is 3. The van der Waals surface area contributed by atoms with E-state index in [-0.39, 0.29) is 6.09 Å². The van der Waals surface area contributed by atoms with Gasteiger partial charge in [0.2, 0.25) is 0 Å². The molecule has 0 aromatic carbocycles. The molecule has 1 amide bonds. The maximum absolute atomic E-state index is 11.5. The lowest BCUT2D eigenvalue weighted by Crippen LogP contribution is -2.33. The van der Waals surface area contributed by atoms with Gasteiger partial charge in [0.15, 0.2) is 0 Å². The van der Waals surface area contributed by atoms with Crippen LogP contribution in [0.3, 0.4) is 0 Å². The molecule has 0 atom stereocenters. The number of carbonyl (C=O) groups excluding carboxylic acids is 2. The van der Waals surface area contributed by atoms with E-state index in [1.165, 1.54) is 12.8 Å². The Bertz CT molecular complexity index is 288. The van der Waals surface area contributed by atoms with Crippen LogP contribution in [0.4, 0.5) is 4.79 Å². The number of alkyl carbamates (subject to hydrolysis) is 1. The molecule has 19 heavy (non-hydrogen) atoms. The molecule has 0 bridgehead atoms. The van der Waals surface area contributed by atoms with Crippen molar-refractivity contribution in [1.82, 2.24) is 5.32 Å². The van der Waals surface area contributed by atoms with Gasteiger partial charge in [-0.25, -0.2) is 4.79 Å². The van der Waals surface area contributed by atoms with Crippen LogP contribution in [0.5, 0.6) is 0 Å². The summed E-state index contributed by atoms with van der Waals surface area (Å²) >= 11 is 0. The van der Waals surface area contributed by atoms with Crippen LogP contribution in [0.25, 0.3) is 0 Å². The summed E-state index contributed by atoms with van der Waals surface area (Å²) in [5.41, 5.74) is -0.434. The summed E-state index contributed by atoms with van der Waals surface area (Å²) in [5, 5.41) is 2.81. The molecule has 1 fully saturated rings. The first-order valence-corrected chi connectivity index (χ1v) is 7.31. The number of nitrogens with one attached hydrogen (secondary N) is 1. The number of carbonyl (C=O) groups is 2. The van der Waals surface area contributed by atoms with Crippen molar-refractivity contribution < 1.29 is 14.3 Å². The molecule has 4 nitrogen and oxygen atoms in total. The zero-order valence-corrected chi connectivity index (χ0v) is 12.4. The Balaban J connectivity index is 2.11. The Labute approximate surface area is 116 Å². The molecule has 110 valence electrons. The van der Waals surface area contributed by atoms with Crippen LogP contribution in [0.1, 0.15) is 59.3 Å². The van der Waals surface area contributed by atoms with Crippen LogP contribution < -0.4 is 5.32 Å². The molecule has 4 heteroatoms. The van der Waals surface area contributed by atoms with E-state index in [0.717, 1.165) is 25.5 Å². The number of hydrogen-bond donors (Lipinski definition) is 1. The average Bonchev–Trinajstić information content (AvgIpc) is 2.29. The van der Waals surface area contributed by atoms with Gasteiger partial charge >= 0.3 is 6.09 Å². The Morgan fingerprint density at radius 1 is 1.21 bits per heavy atom. The van der Waals surface area contributed by atoms with Gasteiger partial charge in [-0.05, 0) is 51.9 Å². The van der Waals surface area contributed by atoms with Crippen LogP contribution in [-0.4, -0.2) is 24.5 Å². The molecule has 1 rings (SSSR count). The van der Waals surface area contributed by atoms with E-state index in [1.54, 1.807) is 0 Å². The van der Waals surface area contributed by atoms with E-state index in [9.17, 15) is 9.59 Å². The second kappa shape index (κ2) is 7.51. The van der Waals surface area contributed by atoms with Crippen LogP contribution in [0, 0.1) is 11.8 Å². The number of amides is 1. The minimum atomic E-state index is -0.434. The van der Waals surface area contributed by atoms with E-state index in [2.05, 4.69) is 5.32 Å². The van der Waals surface area contributed by atoms with Gasteiger partial charge in [-0.2, -0.15) is 0 Å². The van der Waals surface area contributed by atoms with Crippen molar-refractivity contribution in [1.29, 1.82) is 0 Å². The highest BCUT2D eigenvalue weighted by atomic mass is 16.6. The van der Waals surface area contributed by atoms with Crippen molar-refractivity contribution in [3.8, 4) is 0 Å². The molecular formula is C15H27NO3. The molecule has 0 aliphatic heterocycles. The Kier molecular flexibility index (Phi) is 6.32. The summed E-state index contributed by atoms with van der Waals surface area (Å²) in [6.07, 6.45) is 7.07. The van der Waals surface area contributed by atoms with E-state index >= 15 is 0 Å². The first kappa shape index (κ1) is 16.0. The normalized spacial score (nSPS) is 23.7. The molecule has 0 unspecified atom stereocenters. The largest absolute Gasteiger partial charge is 0.444 e. The Hall–Kier alpha value is -1.06. The molecule has 0 radical (unpaired) electrons. The molecule has 0 aromatic heterocycles. The van der Waals surface area contributed by atoms with Crippen LogP contribution in [-0.2, 0) is 9.53 Å². The molecule has 0 saturated heterocycles. The molecule has 1 aliphatic carbocycles. The fourth-order valence-electron chi connectivity index (χ4n) is 2.58. The Morgan fingerprint density at radius 2 is 1.79 bits per heavy atom. The van der Waals surface area contributed by atoms with E-state index in [1.807, 2.05) is 20.8 Å². The molecule has 0 heterocycles. The van der Waals surface area contributed by atoms with E-state index in [4.69, 9.17) is 4.74 Å². The third-order valence-corrected chi connectivity index (χ3v) is 3.62. The van der Waals surface area contributed by atoms with Crippen molar-refractivity contribution in [3.63, 3.8) is 0 Å². The van der Waals surface area contributed by atoms with Gasteiger partial charge in [0.25, 0.3) is 0 Å². The van der Waals surface area contributed by atoms with Crippen LogP contribution >= 0.6 is 0 Å². The van der Waals surface area contributed by atoms with Gasteiger partial charge in [-0.3, -0.25) is 0 Å². The monoisotopic (exact) mass is 269 g/mol. The lowest BCUT2D eigenvalue weighted by atomic mass is 9.79. The first-order valence-electron chi connectivity index (χ1n) is 7.31. The number of ether oxygens (including phenoxy) is 1. The molecule has 1 saturated carbocycles. The highest BCUT2D eigenvalue weighted by Crippen LogP contribution is 2.31. The minimum absolute atomic E-state index is 0.331. The van der Waals surface area contributed by atoms with Crippen molar-refractivity contribution in [2.45, 2.75) is 64.9 Å². The second-order valence-corrected chi connectivity index (χ2v) is 6.51. The fourth-order valence-corrected chi connectivity index (χ4v) is 2.58. The zero-order chi connectivity index (χ0) is 14.3. The Morgan fingerprint density at radius 3 is 2.32 bits per heavy atom. The third kappa shape index (κ3) is 7.19. The van der Waals surface area contributed by atoms with Crippen molar-refractivity contribution in [3.05, 3.63) is 0 Å². The summed E-state index contributed by atoms with van der Waals surface area (Å²) in [5.74, 6) is 1.27. The standard InChI is InChI=1S/C15H27NO3/c1-15(2,3)19-14(18)16-10-8-12-4-6-13(7-5-12)9-11-17/h11-13H,4-10H2,1-3H3,(H,16,18). The lowest BCUT2D eigenvalue weighted by molar-refractivity contribution is -0.108. The van der Waals surface area contributed by atoms with E-state index < -0.39 is 5.60 Å². The highest BCUT2D eigenvalue weighted by molar-refractivity contribution is 5.67. The quantitative estimate of drug-likeness (QED) is 0.779. The van der Waals surface area contributed by atoms with Crippen molar-refractivity contribution in [2.24, 2.45) is 11.8 Å². The third-order valence-electron chi connectivity index (χ3n) is 3.62. The van der Waals surface area contributed by atoms with Gasteiger partial charge in [0.05, 0.1) is 0 Å². The minimum Gasteiger partial charge on any atom is -0.444 e. The van der Waals surface area contributed by atoms with Gasteiger partial charge in [-0.1, -0.05) is 12.8 Å². The van der Waals surface area contributed by atoms with Crippen LogP contribution in [0.2, 0.25) is 0 Å². The summed E-state index contributed by atoms with van der Waals surface area (Å²) in [6.45, 7) is 6.26. The number of rotatable bonds is 5. The molecule has 1 N–H and O–H groups in total. The molecule has 0 aromatic rings. The zero-order valence-electron chi connectivity index (χ0n) is 12.4. The van der Waals surface area contributed by atoms with Gasteiger partial charge < -0.3 is 14.8 Å². The van der Waals surface area contributed by atoms with Gasteiger partial charge in [-0.15, -0.1) is 0 Å². The maximum atomic E-state index is 11.5. The topological polar surface area (TPSA) is 55.4 Å². The summed E-state index contributed by atoms with van der Waals surface area (Å²) < 4.78 is 5.19. The predicted molar refractivity (Wildman–Crippen MR) is 75.0 cm³/mol. The fraction of sp³-hybridized carbons (Fsp3) is 0.867. The molecule has 1 aliphatic rings. The summed E-state index contributed by atoms with van der Waals surface area (Å²) in [4.78, 5) is 21.9. The SMILES string of the molecule is CC(C)(C)OC(=O)NCCC1CCC(CC=O)CC1. The van der Waals surface area contributed by atoms with Crippen LogP contribution in [0.15, 0.2) is 0 Å². The first-order chi connectivity index (χ1) is 8.90. The molecule has 0 spiro atoms. The second-order valence-electron chi connectivity index (χ2n) is 6.51. The van der Waals surface area contributed by atoms with Crippen molar-refractivity contribution in [2.75, 3.05) is 6.54 Å². The summed E-state index contributed by atoms with van der Waals surface area (Å²) in [7, 11) is 0. The smallest absolute Gasteiger partial charge is 0.407 e. The van der Waals surface area contributed by atoms with Crippen molar-refractivity contribution >= 4 is 12.4 Å². The lowest BCUT2D eigenvalue weighted by Gasteiger charge is -2.27. The van der Waals surface area contributed by atoms with E-state index in [0.29, 0.717) is 24.8 Å². The maximum Gasteiger partial charge on any atom is 0.407 e. The average molecular weight is 269 g/mol. The summed E-state index contributed by atoms with van der Waals surface area (Å²) in [6, 6.07) is 0.